The summed E-state index contributed by atoms with van der Waals surface area (Å²) in [5.74, 6) is -0.0600. The zero-order chi connectivity index (χ0) is 24.1. The number of anilines is 1. The predicted molar refractivity (Wildman–Crippen MR) is 132 cm³/mol. The number of ether oxygens (including phenoxy) is 1. The van der Waals surface area contributed by atoms with Crippen molar-refractivity contribution in [3.05, 3.63) is 57.2 Å². The van der Waals surface area contributed by atoms with Crippen molar-refractivity contribution in [3.8, 4) is 0 Å². The van der Waals surface area contributed by atoms with Crippen LogP contribution in [0.15, 0.2) is 30.3 Å². The number of carbonyl (C=O) groups is 2. The van der Waals surface area contributed by atoms with Gasteiger partial charge < -0.3 is 20.5 Å². The SMILES string of the molecule is O=C(NC(CCOC1CC(CCc2ccc3c(n2)NCCC3)C1)C(=O)O)c1cccc(Cl)c1Cl. The molecule has 0 bridgehead atoms. The highest BCUT2D eigenvalue weighted by atomic mass is 35.5. The number of hydrogen-bond acceptors (Lipinski definition) is 5. The van der Waals surface area contributed by atoms with Gasteiger partial charge in [-0.2, -0.15) is 0 Å². The summed E-state index contributed by atoms with van der Waals surface area (Å²) in [6.45, 7) is 1.25. The van der Waals surface area contributed by atoms with E-state index in [0.29, 0.717) is 5.92 Å². The maximum absolute atomic E-state index is 12.4. The molecule has 1 saturated carbocycles. The van der Waals surface area contributed by atoms with Crippen molar-refractivity contribution in [1.29, 1.82) is 0 Å². The molecule has 1 aromatic carbocycles. The zero-order valence-electron chi connectivity index (χ0n) is 18.9. The number of halogens is 2. The molecule has 1 unspecified atom stereocenters. The normalized spacial score (nSPS) is 19.9. The third-order valence-electron chi connectivity index (χ3n) is 6.51. The Labute approximate surface area is 209 Å². The van der Waals surface area contributed by atoms with Crippen LogP contribution in [0, 0.1) is 5.92 Å². The Morgan fingerprint density at radius 2 is 2.06 bits per heavy atom. The summed E-state index contributed by atoms with van der Waals surface area (Å²) in [4.78, 5) is 28.8. The smallest absolute Gasteiger partial charge is 0.326 e. The minimum atomic E-state index is -1.12. The Morgan fingerprint density at radius 3 is 2.85 bits per heavy atom. The minimum absolute atomic E-state index is 0.101. The number of rotatable bonds is 10. The van der Waals surface area contributed by atoms with Crippen LogP contribution in [0.25, 0.3) is 0 Å². The Morgan fingerprint density at radius 1 is 1.24 bits per heavy atom. The Balaban J connectivity index is 1.16. The number of benzene rings is 1. The molecule has 182 valence electrons. The first-order valence-electron chi connectivity index (χ1n) is 11.7. The lowest BCUT2D eigenvalue weighted by atomic mass is 9.79. The molecule has 3 N–H and O–H groups in total. The average Bonchev–Trinajstić information content (AvgIpc) is 2.80. The highest BCUT2D eigenvalue weighted by Crippen LogP contribution is 2.34. The number of carboxylic acids is 1. The molecule has 0 saturated heterocycles. The molecule has 1 aliphatic carbocycles. The molecule has 2 aromatic rings. The second-order valence-corrected chi connectivity index (χ2v) is 9.75. The number of pyridine rings is 1. The van der Waals surface area contributed by atoms with E-state index >= 15 is 0 Å². The van der Waals surface area contributed by atoms with E-state index in [0.717, 1.165) is 56.6 Å². The summed E-state index contributed by atoms with van der Waals surface area (Å²) in [5.41, 5.74) is 2.57. The van der Waals surface area contributed by atoms with Crippen LogP contribution in [-0.4, -0.2) is 47.3 Å². The third-order valence-corrected chi connectivity index (χ3v) is 7.33. The molecule has 7 nitrogen and oxygen atoms in total. The quantitative estimate of drug-likeness (QED) is 0.430. The van der Waals surface area contributed by atoms with Crippen molar-refractivity contribution in [3.63, 3.8) is 0 Å². The molecule has 1 aliphatic heterocycles. The number of amides is 1. The largest absolute Gasteiger partial charge is 0.480 e. The van der Waals surface area contributed by atoms with Gasteiger partial charge in [-0.05, 0) is 68.2 Å². The van der Waals surface area contributed by atoms with Crippen molar-refractivity contribution < 1.29 is 19.4 Å². The second kappa shape index (κ2) is 11.4. The van der Waals surface area contributed by atoms with Gasteiger partial charge in [-0.15, -0.1) is 0 Å². The summed E-state index contributed by atoms with van der Waals surface area (Å²) in [5, 5.41) is 15.7. The molecular formula is C25H29Cl2N3O4. The molecule has 0 radical (unpaired) electrons. The molecule has 4 rings (SSSR count). The van der Waals surface area contributed by atoms with Crippen LogP contribution in [0.4, 0.5) is 5.82 Å². The van der Waals surface area contributed by atoms with Gasteiger partial charge in [0.25, 0.3) is 5.91 Å². The number of aryl methyl sites for hydroxylation is 2. The van der Waals surface area contributed by atoms with E-state index in [4.69, 9.17) is 32.9 Å². The number of hydrogen-bond donors (Lipinski definition) is 3. The molecule has 1 amide bonds. The highest BCUT2D eigenvalue weighted by molar-refractivity contribution is 6.43. The lowest BCUT2D eigenvalue weighted by molar-refractivity contribution is -0.140. The molecule has 2 aliphatic rings. The van der Waals surface area contributed by atoms with Crippen molar-refractivity contribution in [2.45, 2.75) is 57.1 Å². The fraction of sp³-hybridized carbons (Fsp3) is 0.480. The van der Waals surface area contributed by atoms with E-state index in [1.54, 1.807) is 12.1 Å². The monoisotopic (exact) mass is 505 g/mol. The number of carbonyl (C=O) groups excluding carboxylic acids is 1. The fourth-order valence-corrected chi connectivity index (χ4v) is 4.82. The van der Waals surface area contributed by atoms with Gasteiger partial charge in [-0.3, -0.25) is 4.79 Å². The lowest BCUT2D eigenvalue weighted by Gasteiger charge is -2.35. The maximum Gasteiger partial charge on any atom is 0.326 e. The van der Waals surface area contributed by atoms with E-state index in [1.165, 1.54) is 11.6 Å². The van der Waals surface area contributed by atoms with Gasteiger partial charge in [0.15, 0.2) is 0 Å². The van der Waals surface area contributed by atoms with E-state index in [1.807, 2.05) is 0 Å². The summed E-state index contributed by atoms with van der Waals surface area (Å²) in [6.07, 6.45) is 6.51. The topological polar surface area (TPSA) is 101 Å². The molecule has 1 aromatic heterocycles. The van der Waals surface area contributed by atoms with Gasteiger partial charge in [-0.25, -0.2) is 9.78 Å². The molecule has 2 heterocycles. The van der Waals surface area contributed by atoms with Gasteiger partial charge in [0, 0.05) is 25.3 Å². The van der Waals surface area contributed by atoms with Crippen molar-refractivity contribution in [2.24, 2.45) is 5.92 Å². The van der Waals surface area contributed by atoms with Crippen LogP contribution >= 0.6 is 23.2 Å². The van der Waals surface area contributed by atoms with E-state index in [9.17, 15) is 14.7 Å². The first kappa shape index (κ1) is 24.8. The first-order chi connectivity index (χ1) is 16.4. The first-order valence-corrected chi connectivity index (χ1v) is 12.5. The highest BCUT2D eigenvalue weighted by Gasteiger charge is 2.30. The molecule has 9 heteroatoms. The molecular weight excluding hydrogens is 477 g/mol. The molecule has 0 spiro atoms. The average molecular weight is 506 g/mol. The van der Waals surface area contributed by atoms with E-state index < -0.39 is 17.9 Å². The summed E-state index contributed by atoms with van der Waals surface area (Å²) in [6, 6.07) is 7.92. The second-order valence-electron chi connectivity index (χ2n) is 8.96. The van der Waals surface area contributed by atoms with Gasteiger partial charge in [-0.1, -0.05) is 35.3 Å². The zero-order valence-corrected chi connectivity index (χ0v) is 20.4. The number of fused-ring (bicyclic) bond motifs is 1. The van der Waals surface area contributed by atoms with E-state index in [-0.39, 0.29) is 34.7 Å². The Kier molecular flexibility index (Phi) is 8.29. The molecule has 1 atom stereocenters. The van der Waals surface area contributed by atoms with Gasteiger partial charge in [0.2, 0.25) is 0 Å². The van der Waals surface area contributed by atoms with Crippen molar-refractivity contribution in [2.75, 3.05) is 18.5 Å². The lowest BCUT2D eigenvalue weighted by Crippen LogP contribution is -2.42. The summed E-state index contributed by atoms with van der Waals surface area (Å²) >= 11 is 12.0. The Bertz CT molecular complexity index is 1040. The predicted octanol–water partition coefficient (Wildman–Crippen LogP) is 4.75. The number of carboxylic acid groups (broad SMARTS) is 1. The number of nitrogens with one attached hydrogen (secondary N) is 2. The number of aliphatic carboxylic acids is 1. The standard InChI is InChI=1S/C25H29Cl2N3O4/c26-20-5-1-4-19(22(20)27)24(31)30-21(25(32)33)10-12-34-18-13-15(14-18)6-8-17-9-7-16-3-2-11-28-23(16)29-17/h1,4-5,7,9,15,18,21H,2-3,6,8,10-14H2,(H,28,29)(H,30,31)(H,32,33). The van der Waals surface area contributed by atoms with Crippen LogP contribution in [0.5, 0.6) is 0 Å². The summed E-state index contributed by atoms with van der Waals surface area (Å²) < 4.78 is 5.86. The maximum atomic E-state index is 12.4. The summed E-state index contributed by atoms with van der Waals surface area (Å²) in [7, 11) is 0. The molecule has 34 heavy (non-hydrogen) atoms. The number of nitrogens with zero attached hydrogens (tertiary/aromatic N) is 1. The van der Waals surface area contributed by atoms with Crippen LogP contribution < -0.4 is 10.6 Å². The fourth-order valence-electron chi connectivity index (χ4n) is 4.43. The van der Waals surface area contributed by atoms with Gasteiger partial charge in [0.05, 0.1) is 21.7 Å². The minimum Gasteiger partial charge on any atom is -0.480 e. The van der Waals surface area contributed by atoms with Gasteiger partial charge in [0.1, 0.15) is 11.9 Å². The van der Waals surface area contributed by atoms with Crippen LogP contribution in [0.3, 0.4) is 0 Å². The number of aromatic nitrogens is 1. The van der Waals surface area contributed by atoms with Crippen LogP contribution in [0.2, 0.25) is 10.0 Å². The van der Waals surface area contributed by atoms with Crippen LogP contribution in [0.1, 0.15) is 53.7 Å². The van der Waals surface area contributed by atoms with E-state index in [2.05, 4.69) is 22.8 Å². The van der Waals surface area contributed by atoms with Crippen molar-refractivity contribution >= 4 is 40.9 Å². The molecule has 1 fully saturated rings. The van der Waals surface area contributed by atoms with Crippen molar-refractivity contribution in [1.82, 2.24) is 10.3 Å². The Hall–Kier alpha value is -2.35. The van der Waals surface area contributed by atoms with Crippen LogP contribution in [-0.2, 0) is 22.4 Å². The third kappa shape index (κ3) is 6.20. The van der Waals surface area contributed by atoms with Gasteiger partial charge >= 0.3 is 5.97 Å².